The lowest BCUT2D eigenvalue weighted by Crippen LogP contribution is -2.52. The number of amides is 2. The summed E-state index contributed by atoms with van der Waals surface area (Å²) in [5, 5.41) is 2.81. The van der Waals surface area contributed by atoms with Gasteiger partial charge in [-0.2, -0.15) is 13.2 Å². The molecule has 1 aromatic heterocycles. The van der Waals surface area contributed by atoms with Crippen molar-refractivity contribution >= 4 is 11.8 Å². The van der Waals surface area contributed by atoms with E-state index in [-0.39, 0.29) is 11.9 Å². The number of benzene rings is 1. The maximum absolute atomic E-state index is 12.9. The Balaban J connectivity index is 1.60. The Kier molecular flexibility index (Phi) is 6.71. The van der Waals surface area contributed by atoms with Gasteiger partial charge in [0.25, 0.3) is 0 Å². The molecule has 9 heteroatoms. The molecule has 6 nitrogen and oxygen atoms in total. The summed E-state index contributed by atoms with van der Waals surface area (Å²) < 4.78 is 38.8. The summed E-state index contributed by atoms with van der Waals surface area (Å²) in [4.78, 5) is 25.6. The Morgan fingerprint density at radius 3 is 2.35 bits per heavy atom. The van der Waals surface area contributed by atoms with Gasteiger partial charge in [-0.15, -0.1) is 0 Å². The molecule has 1 aromatic carbocycles. The molecule has 0 aliphatic carbocycles. The van der Waals surface area contributed by atoms with Gasteiger partial charge in [0.2, 0.25) is 0 Å². The van der Waals surface area contributed by atoms with Crippen molar-refractivity contribution in [1.82, 2.24) is 20.2 Å². The minimum absolute atomic E-state index is 0.225. The third kappa shape index (κ3) is 5.65. The molecule has 31 heavy (non-hydrogen) atoms. The van der Waals surface area contributed by atoms with E-state index in [1.165, 1.54) is 6.07 Å². The largest absolute Gasteiger partial charge is 0.416 e. The summed E-state index contributed by atoms with van der Waals surface area (Å²) in [5.41, 5.74) is 0.601. The molecular weight excluding hydrogens is 407 g/mol. The first kappa shape index (κ1) is 22.8. The van der Waals surface area contributed by atoms with E-state index in [0.717, 1.165) is 29.5 Å². The monoisotopic (exact) mass is 435 g/mol. The zero-order chi connectivity index (χ0) is 22.8. The van der Waals surface area contributed by atoms with Crippen LogP contribution in [0.1, 0.15) is 55.4 Å². The second-order valence-electron chi connectivity index (χ2n) is 8.15. The van der Waals surface area contributed by atoms with Crippen molar-refractivity contribution in [1.29, 1.82) is 0 Å². The molecule has 0 saturated carbocycles. The van der Waals surface area contributed by atoms with Gasteiger partial charge in [0, 0.05) is 43.9 Å². The zero-order valence-electron chi connectivity index (χ0n) is 18.2. The maximum atomic E-state index is 12.9. The van der Waals surface area contributed by atoms with Crippen molar-refractivity contribution < 1.29 is 18.0 Å². The zero-order valence-corrected chi connectivity index (χ0v) is 18.2. The van der Waals surface area contributed by atoms with Gasteiger partial charge in [0.15, 0.2) is 0 Å². The smallest absolute Gasteiger partial charge is 0.353 e. The van der Waals surface area contributed by atoms with E-state index < -0.39 is 17.8 Å². The molecule has 2 heterocycles. The number of halogens is 3. The highest BCUT2D eigenvalue weighted by atomic mass is 19.4. The van der Waals surface area contributed by atoms with Gasteiger partial charge >= 0.3 is 12.2 Å². The van der Waals surface area contributed by atoms with Crippen LogP contribution in [0.4, 0.5) is 23.8 Å². The van der Waals surface area contributed by atoms with Crippen LogP contribution in [-0.4, -0.2) is 47.1 Å². The molecule has 1 atom stereocenters. The highest BCUT2D eigenvalue weighted by Crippen LogP contribution is 2.30. The lowest BCUT2D eigenvalue weighted by atomic mass is 10.1. The molecular formula is C22H28F3N5O. The fourth-order valence-electron chi connectivity index (χ4n) is 3.48. The highest BCUT2D eigenvalue weighted by molar-refractivity contribution is 5.75. The van der Waals surface area contributed by atoms with Crippen LogP contribution in [0.3, 0.4) is 0 Å². The van der Waals surface area contributed by atoms with Gasteiger partial charge in [-0.3, -0.25) is 0 Å². The van der Waals surface area contributed by atoms with Crippen molar-refractivity contribution in [2.45, 2.75) is 45.8 Å². The first-order valence-electron chi connectivity index (χ1n) is 10.4. The Labute approximate surface area is 180 Å². The van der Waals surface area contributed by atoms with E-state index in [2.05, 4.69) is 20.2 Å². The van der Waals surface area contributed by atoms with Crippen molar-refractivity contribution in [3.63, 3.8) is 0 Å². The predicted octanol–water partition coefficient (Wildman–Crippen LogP) is 4.52. The van der Waals surface area contributed by atoms with Crippen LogP contribution in [0.15, 0.2) is 30.3 Å². The third-order valence-electron chi connectivity index (χ3n) is 5.32. The summed E-state index contributed by atoms with van der Waals surface area (Å²) in [7, 11) is 0. The van der Waals surface area contributed by atoms with E-state index in [1.807, 2.05) is 26.8 Å². The average Bonchev–Trinajstić information content (AvgIpc) is 2.72. The second kappa shape index (κ2) is 9.11. The number of hydrogen-bond acceptors (Lipinski definition) is 4. The molecule has 1 fully saturated rings. The fraction of sp³-hybridized carbons (Fsp3) is 0.500. The second-order valence-corrected chi connectivity index (χ2v) is 8.15. The number of aromatic nitrogens is 2. The van der Waals surface area contributed by atoms with E-state index in [4.69, 9.17) is 0 Å². The maximum Gasteiger partial charge on any atom is 0.416 e. The molecule has 0 spiro atoms. The lowest BCUT2D eigenvalue weighted by Gasteiger charge is -2.36. The van der Waals surface area contributed by atoms with Gasteiger partial charge in [-0.25, -0.2) is 14.8 Å². The minimum atomic E-state index is -4.41. The van der Waals surface area contributed by atoms with Crippen LogP contribution in [0.2, 0.25) is 0 Å². The summed E-state index contributed by atoms with van der Waals surface area (Å²) in [5.74, 6) is 1.88. The summed E-state index contributed by atoms with van der Waals surface area (Å²) in [6.07, 6.45) is -4.41. The summed E-state index contributed by atoms with van der Waals surface area (Å²) in [6.45, 7) is 9.97. The van der Waals surface area contributed by atoms with E-state index in [0.29, 0.717) is 31.7 Å². The Bertz CT molecular complexity index is 924. The number of nitrogens with one attached hydrogen (secondary N) is 1. The number of carbonyl (C=O) groups excluding carboxylic acids is 1. The van der Waals surface area contributed by atoms with Crippen molar-refractivity contribution in [3.8, 4) is 0 Å². The SMILES string of the molecule is Cc1cc(N2CCN(C(=O)NC(C)c3cccc(C(F)(F)F)c3)CC2)nc(C(C)C)n1. The third-order valence-corrected chi connectivity index (χ3v) is 5.32. The number of hydrogen-bond donors (Lipinski definition) is 1. The molecule has 1 aliphatic rings. The van der Waals surface area contributed by atoms with Gasteiger partial charge in [0.1, 0.15) is 11.6 Å². The van der Waals surface area contributed by atoms with Gasteiger partial charge in [-0.05, 0) is 31.5 Å². The molecule has 1 N–H and O–H groups in total. The van der Waals surface area contributed by atoms with Gasteiger partial charge < -0.3 is 15.1 Å². The average molecular weight is 435 g/mol. The normalized spacial score (nSPS) is 15.9. The molecule has 2 amide bonds. The van der Waals surface area contributed by atoms with Crippen LogP contribution in [-0.2, 0) is 6.18 Å². The fourth-order valence-corrected chi connectivity index (χ4v) is 3.48. The van der Waals surface area contributed by atoms with Gasteiger partial charge in [-0.1, -0.05) is 26.0 Å². The topological polar surface area (TPSA) is 61.4 Å². The van der Waals surface area contributed by atoms with Crippen LogP contribution in [0.5, 0.6) is 0 Å². The first-order chi connectivity index (χ1) is 14.5. The van der Waals surface area contributed by atoms with Gasteiger partial charge in [0.05, 0.1) is 11.6 Å². The Morgan fingerprint density at radius 1 is 1.06 bits per heavy atom. The number of carbonyl (C=O) groups is 1. The van der Waals surface area contributed by atoms with Crippen LogP contribution in [0, 0.1) is 6.92 Å². The minimum Gasteiger partial charge on any atom is -0.353 e. The number of alkyl halides is 3. The predicted molar refractivity (Wildman–Crippen MR) is 113 cm³/mol. The molecule has 1 unspecified atom stereocenters. The number of piperazine rings is 1. The van der Waals surface area contributed by atoms with Crippen molar-refractivity contribution in [3.05, 3.63) is 53.0 Å². The molecule has 1 saturated heterocycles. The van der Waals surface area contributed by atoms with Crippen LogP contribution < -0.4 is 10.2 Å². The molecule has 168 valence electrons. The number of aryl methyl sites for hydroxylation is 1. The molecule has 3 rings (SSSR count). The Morgan fingerprint density at radius 2 is 1.74 bits per heavy atom. The van der Waals surface area contributed by atoms with Crippen LogP contribution in [0.25, 0.3) is 0 Å². The molecule has 0 radical (unpaired) electrons. The number of anilines is 1. The molecule has 2 aromatic rings. The molecule has 1 aliphatic heterocycles. The van der Waals surface area contributed by atoms with E-state index in [9.17, 15) is 18.0 Å². The number of rotatable bonds is 4. The summed E-state index contributed by atoms with van der Waals surface area (Å²) in [6, 6.07) is 6.16. The quantitative estimate of drug-likeness (QED) is 0.767. The first-order valence-corrected chi connectivity index (χ1v) is 10.4. The molecule has 0 bridgehead atoms. The van der Waals surface area contributed by atoms with E-state index >= 15 is 0 Å². The number of nitrogens with zero attached hydrogens (tertiary/aromatic N) is 4. The lowest BCUT2D eigenvalue weighted by molar-refractivity contribution is -0.137. The van der Waals surface area contributed by atoms with Crippen molar-refractivity contribution in [2.75, 3.05) is 31.1 Å². The summed E-state index contributed by atoms with van der Waals surface area (Å²) >= 11 is 0. The van der Waals surface area contributed by atoms with Crippen LogP contribution >= 0.6 is 0 Å². The van der Waals surface area contributed by atoms with Crippen molar-refractivity contribution in [2.24, 2.45) is 0 Å². The van der Waals surface area contributed by atoms with E-state index in [1.54, 1.807) is 17.9 Å². The Hall–Kier alpha value is -2.84. The highest BCUT2D eigenvalue weighted by Gasteiger charge is 2.31. The number of urea groups is 1. The standard InChI is InChI=1S/C22H28F3N5O/c1-14(2)20-26-15(3)12-19(28-20)29-8-10-30(11-9-29)21(31)27-16(4)17-6-5-7-18(13-17)22(23,24)25/h5-7,12-14,16H,8-11H2,1-4H3,(H,27,31).